The van der Waals surface area contributed by atoms with Crippen LogP contribution < -0.4 is 10.2 Å². The van der Waals surface area contributed by atoms with Gasteiger partial charge in [-0.1, -0.05) is 6.92 Å². The van der Waals surface area contributed by atoms with Crippen LogP contribution in [-0.2, 0) is 17.9 Å². The van der Waals surface area contributed by atoms with E-state index in [2.05, 4.69) is 24.1 Å². The van der Waals surface area contributed by atoms with Crippen molar-refractivity contribution in [3.63, 3.8) is 0 Å². The highest BCUT2D eigenvalue weighted by Crippen LogP contribution is 2.35. The van der Waals surface area contributed by atoms with E-state index in [1.807, 2.05) is 11.3 Å². The summed E-state index contributed by atoms with van der Waals surface area (Å²) in [6, 6.07) is 0.725. The van der Waals surface area contributed by atoms with Gasteiger partial charge in [0.25, 0.3) is 0 Å². The molecule has 0 amide bonds. The van der Waals surface area contributed by atoms with E-state index in [1.54, 1.807) is 7.11 Å². The molecule has 1 aliphatic carbocycles. The van der Waals surface area contributed by atoms with Gasteiger partial charge in [-0.3, -0.25) is 0 Å². The molecule has 1 aromatic rings. The van der Waals surface area contributed by atoms with Crippen LogP contribution in [0.15, 0.2) is 0 Å². The average Bonchev–Trinajstić information content (AvgIpc) is 3.15. The highest BCUT2D eigenvalue weighted by molar-refractivity contribution is 7.15. The van der Waals surface area contributed by atoms with Crippen molar-refractivity contribution in [1.29, 1.82) is 0 Å². The Labute approximate surface area is 120 Å². The third-order valence-electron chi connectivity index (χ3n) is 3.33. The molecule has 19 heavy (non-hydrogen) atoms. The zero-order valence-electron chi connectivity index (χ0n) is 12.2. The van der Waals surface area contributed by atoms with E-state index >= 15 is 0 Å². The van der Waals surface area contributed by atoms with Crippen molar-refractivity contribution < 1.29 is 4.74 Å². The van der Waals surface area contributed by atoms with Gasteiger partial charge in [-0.05, 0) is 32.7 Å². The normalized spacial score (nSPS) is 14.9. The topological polar surface area (TPSA) is 37.4 Å². The van der Waals surface area contributed by atoms with Gasteiger partial charge >= 0.3 is 0 Å². The minimum absolute atomic E-state index is 0.613. The van der Waals surface area contributed by atoms with Crippen molar-refractivity contribution >= 4 is 16.5 Å². The van der Waals surface area contributed by atoms with E-state index in [0.29, 0.717) is 6.61 Å². The molecule has 5 heteroatoms. The first-order valence-corrected chi connectivity index (χ1v) is 8.06. The molecule has 0 saturated heterocycles. The molecule has 0 spiro atoms. The molecule has 1 heterocycles. The number of nitrogens with one attached hydrogen (secondary N) is 1. The summed E-state index contributed by atoms with van der Waals surface area (Å²) in [6.07, 6.45) is 3.79. The van der Waals surface area contributed by atoms with Crippen LogP contribution in [0.4, 0.5) is 5.13 Å². The van der Waals surface area contributed by atoms with Crippen LogP contribution in [0, 0.1) is 0 Å². The molecule has 108 valence electrons. The quantitative estimate of drug-likeness (QED) is 0.707. The number of nitrogens with zero attached hydrogens (tertiary/aromatic N) is 2. The van der Waals surface area contributed by atoms with Crippen molar-refractivity contribution in [2.75, 3.05) is 25.1 Å². The lowest BCUT2D eigenvalue weighted by atomic mass is 10.3. The Balaban J connectivity index is 2.08. The van der Waals surface area contributed by atoms with E-state index in [0.717, 1.165) is 37.8 Å². The van der Waals surface area contributed by atoms with Gasteiger partial charge in [-0.25, -0.2) is 4.98 Å². The van der Waals surface area contributed by atoms with Crippen molar-refractivity contribution in [2.45, 2.75) is 52.3 Å². The van der Waals surface area contributed by atoms with Crippen molar-refractivity contribution in [3.05, 3.63) is 10.6 Å². The molecule has 2 rings (SSSR count). The summed E-state index contributed by atoms with van der Waals surface area (Å²) in [7, 11) is 1.74. The lowest BCUT2D eigenvalue weighted by Gasteiger charge is -2.18. The van der Waals surface area contributed by atoms with Crippen molar-refractivity contribution in [3.8, 4) is 0 Å². The van der Waals surface area contributed by atoms with Gasteiger partial charge in [-0.2, -0.15) is 0 Å². The summed E-state index contributed by atoms with van der Waals surface area (Å²) in [5, 5.41) is 4.63. The van der Waals surface area contributed by atoms with Crippen LogP contribution in [0.3, 0.4) is 0 Å². The standard InChI is InChI=1S/C14H25N3OS/c1-4-8-15-9-13-12(10-18-3)16-14(19-13)17(5-2)11-6-7-11/h11,15H,4-10H2,1-3H3. The van der Waals surface area contributed by atoms with E-state index < -0.39 is 0 Å². The summed E-state index contributed by atoms with van der Waals surface area (Å²) >= 11 is 1.82. The summed E-state index contributed by atoms with van der Waals surface area (Å²) in [5.41, 5.74) is 1.10. The van der Waals surface area contributed by atoms with Gasteiger partial charge in [0.15, 0.2) is 5.13 Å². The zero-order chi connectivity index (χ0) is 13.7. The predicted molar refractivity (Wildman–Crippen MR) is 80.9 cm³/mol. The fourth-order valence-corrected chi connectivity index (χ4v) is 3.36. The number of ether oxygens (including phenoxy) is 1. The first kappa shape index (κ1) is 14.8. The first-order chi connectivity index (χ1) is 9.30. The average molecular weight is 283 g/mol. The second-order valence-corrected chi connectivity index (χ2v) is 6.06. The number of methoxy groups -OCH3 is 1. The smallest absolute Gasteiger partial charge is 0.186 e. The Kier molecular flexibility index (Phi) is 5.60. The molecule has 1 aromatic heterocycles. The molecule has 0 bridgehead atoms. The number of hydrogen-bond acceptors (Lipinski definition) is 5. The Morgan fingerprint density at radius 1 is 1.42 bits per heavy atom. The Bertz CT molecular complexity index is 390. The summed E-state index contributed by atoms with van der Waals surface area (Å²) < 4.78 is 5.28. The molecule has 1 N–H and O–H groups in total. The molecule has 0 aliphatic heterocycles. The number of rotatable bonds is 9. The summed E-state index contributed by atoms with van der Waals surface area (Å²) in [6.45, 7) is 8.03. The fourth-order valence-electron chi connectivity index (χ4n) is 2.19. The third-order valence-corrected chi connectivity index (χ3v) is 4.47. The maximum atomic E-state index is 5.28. The van der Waals surface area contributed by atoms with Crippen molar-refractivity contribution in [1.82, 2.24) is 10.3 Å². The van der Waals surface area contributed by atoms with Crippen LogP contribution in [0.25, 0.3) is 0 Å². The van der Waals surface area contributed by atoms with Gasteiger partial charge in [-0.15, -0.1) is 11.3 Å². The second-order valence-electron chi connectivity index (χ2n) is 4.99. The Morgan fingerprint density at radius 3 is 2.79 bits per heavy atom. The van der Waals surface area contributed by atoms with Crippen molar-refractivity contribution in [2.24, 2.45) is 0 Å². The Hall–Kier alpha value is -0.650. The van der Waals surface area contributed by atoms with Gasteiger partial charge in [0.2, 0.25) is 0 Å². The highest BCUT2D eigenvalue weighted by Gasteiger charge is 2.30. The summed E-state index contributed by atoms with van der Waals surface area (Å²) in [5.74, 6) is 0. The molecule has 0 atom stereocenters. The molecule has 0 aromatic carbocycles. The monoisotopic (exact) mass is 283 g/mol. The molecule has 0 unspecified atom stereocenters. The van der Waals surface area contributed by atoms with E-state index in [4.69, 9.17) is 9.72 Å². The van der Waals surface area contributed by atoms with Gasteiger partial charge < -0.3 is 15.0 Å². The van der Waals surface area contributed by atoms with Crippen LogP contribution in [0.2, 0.25) is 0 Å². The van der Waals surface area contributed by atoms with E-state index in [1.165, 1.54) is 22.9 Å². The second kappa shape index (κ2) is 7.22. The maximum Gasteiger partial charge on any atom is 0.186 e. The first-order valence-electron chi connectivity index (χ1n) is 7.25. The fraction of sp³-hybridized carbons (Fsp3) is 0.786. The molecular weight excluding hydrogens is 258 g/mol. The molecule has 4 nitrogen and oxygen atoms in total. The highest BCUT2D eigenvalue weighted by atomic mass is 32.1. The van der Waals surface area contributed by atoms with Crippen LogP contribution >= 0.6 is 11.3 Å². The van der Waals surface area contributed by atoms with Gasteiger partial charge in [0, 0.05) is 31.1 Å². The lowest BCUT2D eigenvalue weighted by Crippen LogP contribution is -2.24. The maximum absolute atomic E-state index is 5.28. The van der Waals surface area contributed by atoms with Gasteiger partial charge in [0.1, 0.15) is 0 Å². The number of hydrogen-bond donors (Lipinski definition) is 1. The van der Waals surface area contributed by atoms with Crippen LogP contribution in [-0.4, -0.2) is 31.2 Å². The largest absolute Gasteiger partial charge is 0.378 e. The molecule has 0 radical (unpaired) electrons. The molecular formula is C14H25N3OS. The Morgan fingerprint density at radius 2 is 2.21 bits per heavy atom. The van der Waals surface area contributed by atoms with E-state index in [9.17, 15) is 0 Å². The van der Waals surface area contributed by atoms with E-state index in [-0.39, 0.29) is 0 Å². The number of anilines is 1. The third kappa shape index (κ3) is 3.91. The molecule has 1 aliphatic rings. The van der Waals surface area contributed by atoms with Crippen LogP contribution in [0.5, 0.6) is 0 Å². The minimum Gasteiger partial charge on any atom is -0.378 e. The predicted octanol–water partition coefficient (Wildman–Crippen LogP) is 2.78. The zero-order valence-corrected chi connectivity index (χ0v) is 13.1. The number of aromatic nitrogens is 1. The SMILES string of the molecule is CCCNCc1sc(N(CC)C2CC2)nc1COC. The minimum atomic E-state index is 0.613. The number of thiazole rings is 1. The molecule has 1 saturated carbocycles. The summed E-state index contributed by atoms with van der Waals surface area (Å²) in [4.78, 5) is 8.55. The molecule has 1 fully saturated rings. The van der Waals surface area contributed by atoms with Gasteiger partial charge in [0.05, 0.1) is 12.3 Å². The van der Waals surface area contributed by atoms with Crippen LogP contribution in [0.1, 0.15) is 43.7 Å². The lowest BCUT2D eigenvalue weighted by molar-refractivity contribution is 0.181.